The van der Waals surface area contributed by atoms with Crippen molar-refractivity contribution in [1.29, 1.82) is 0 Å². The molecular formula is C24H29FN8O3. The Morgan fingerprint density at radius 2 is 1.92 bits per heavy atom. The number of aromatic nitrogens is 3. The van der Waals surface area contributed by atoms with E-state index in [1.807, 2.05) is 0 Å². The molecule has 12 heteroatoms. The van der Waals surface area contributed by atoms with Gasteiger partial charge in [0.15, 0.2) is 11.6 Å². The Morgan fingerprint density at radius 1 is 1.17 bits per heavy atom. The van der Waals surface area contributed by atoms with E-state index in [-0.39, 0.29) is 23.4 Å². The van der Waals surface area contributed by atoms with E-state index in [9.17, 15) is 14.5 Å². The van der Waals surface area contributed by atoms with E-state index in [4.69, 9.17) is 4.74 Å². The lowest BCUT2D eigenvalue weighted by atomic mass is 10.0. The zero-order chi connectivity index (χ0) is 25.5. The van der Waals surface area contributed by atoms with Gasteiger partial charge in [-0.3, -0.25) is 10.1 Å². The number of methoxy groups -OCH3 is 1. The summed E-state index contributed by atoms with van der Waals surface area (Å²) in [6.07, 6.45) is 3.07. The summed E-state index contributed by atoms with van der Waals surface area (Å²) < 4.78 is 19.2. The maximum atomic E-state index is 14.2. The van der Waals surface area contributed by atoms with Gasteiger partial charge in [0, 0.05) is 42.5 Å². The van der Waals surface area contributed by atoms with Crippen molar-refractivity contribution in [1.82, 2.24) is 20.3 Å². The molecule has 36 heavy (non-hydrogen) atoms. The van der Waals surface area contributed by atoms with Crippen LogP contribution in [0, 0.1) is 15.9 Å². The number of non-ortho nitro benzene ring substituents is 1. The Kier molecular flexibility index (Phi) is 8.06. The minimum atomic E-state index is -0.509. The van der Waals surface area contributed by atoms with Crippen molar-refractivity contribution < 1.29 is 14.1 Å². The van der Waals surface area contributed by atoms with Gasteiger partial charge in [0.25, 0.3) is 5.69 Å². The molecule has 1 fully saturated rings. The van der Waals surface area contributed by atoms with Crippen LogP contribution in [0.1, 0.15) is 31.7 Å². The summed E-state index contributed by atoms with van der Waals surface area (Å²) in [7, 11) is 1.40. The van der Waals surface area contributed by atoms with Gasteiger partial charge in [-0.2, -0.15) is 15.0 Å². The number of rotatable bonds is 11. The maximum Gasteiger partial charge on any atom is 0.269 e. The molecule has 1 saturated heterocycles. The quantitative estimate of drug-likeness (QED) is 0.225. The van der Waals surface area contributed by atoms with Gasteiger partial charge in [0.2, 0.25) is 17.8 Å². The third-order valence-electron chi connectivity index (χ3n) is 5.98. The van der Waals surface area contributed by atoms with Gasteiger partial charge in [-0.15, -0.1) is 0 Å². The monoisotopic (exact) mass is 496 g/mol. The fourth-order valence-electron chi connectivity index (χ4n) is 4.07. The molecule has 2 unspecified atom stereocenters. The number of halogens is 1. The molecule has 0 saturated carbocycles. The number of hydrogen-bond donors (Lipinski definition) is 4. The van der Waals surface area contributed by atoms with Gasteiger partial charge in [0.05, 0.1) is 12.0 Å². The highest BCUT2D eigenvalue weighted by Crippen LogP contribution is 2.24. The van der Waals surface area contributed by atoms with Crippen molar-refractivity contribution in [3.63, 3.8) is 0 Å². The average Bonchev–Trinajstić information content (AvgIpc) is 3.41. The molecule has 2 aromatic carbocycles. The van der Waals surface area contributed by atoms with Gasteiger partial charge < -0.3 is 26.0 Å². The summed E-state index contributed by atoms with van der Waals surface area (Å²) in [6, 6.07) is 11.2. The number of nitrogens with one attached hydrogen (secondary N) is 4. The van der Waals surface area contributed by atoms with Crippen LogP contribution in [0.15, 0.2) is 42.5 Å². The first-order valence-corrected chi connectivity index (χ1v) is 11.8. The van der Waals surface area contributed by atoms with Crippen LogP contribution in [0.5, 0.6) is 5.75 Å². The SMILES string of the molecule is CCC(Nc1nc(NCc2ccc([N+](=O)[O-])cc2)nc(Nc2ccc(OC)c(F)c2)n1)C1CCCN1. The van der Waals surface area contributed by atoms with Gasteiger partial charge in [-0.1, -0.05) is 19.1 Å². The molecule has 1 aliphatic heterocycles. The molecule has 1 aromatic heterocycles. The summed E-state index contributed by atoms with van der Waals surface area (Å²) in [5.41, 5.74) is 1.30. The Labute approximate surface area is 208 Å². The molecule has 190 valence electrons. The third kappa shape index (κ3) is 6.33. The molecule has 0 radical (unpaired) electrons. The number of benzene rings is 2. The minimum absolute atomic E-state index is 0.0229. The summed E-state index contributed by atoms with van der Waals surface area (Å²) in [5, 5.41) is 24.0. The predicted octanol–water partition coefficient (Wildman–Crippen LogP) is 4.23. The van der Waals surface area contributed by atoms with Gasteiger partial charge in [0.1, 0.15) is 0 Å². The second kappa shape index (κ2) is 11.6. The second-order valence-electron chi connectivity index (χ2n) is 8.42. The van der Waals surface area contributed by atoms with Crippen molar-refractivity contribution in [3.8, 4) is 5.75 Å². The lowest BCUT2D eigenvalue weighted by Crippen LogP contribution is -2.40. The molecular weight excluding hydrogens is 467 g/mol. The highest BCUT2D eigenvalue weighted by molar-refractivity contribution is 5.57. The van der Waals surface area contributed by atoms with Crippen molar-refractivity contribution >= 4 is 29.2 Å². The molecule has 0 aliphatic carbocycles. The summed E-state index contributed by atoms with van der Waals surface area (Å²) in [5.74, 6) is 0.547. The predicted molar refractivity (Wildman–Crippen MR) is 135 cm³/mol. The van der Waals surface area contributed by atoms with Crippen LogP contribution in [0.25, 0.3) is 0 Å². The number of ether oxygens (including phenoxy) is 1. The largest absolute Gasteiger partial charge is 0.494 e. The number of anilines is 4. The fourth-order valence-corrected chi connectivity index (χ4v) is 4.07. The number of nitrogens with zero attached hydrogens (tertiary/aromatic N) is 4. The third-order valence-corrected chi connectivity index (χ3v) is 5.98. The molecule has 4 rings (SSSR count). The summed E-state index contributed by atoms with van der Waals surface area (Å²) in [6.45, 7) is 3.43. The van der Waals surface area contributed by atoms with Crippen LogP contribution >= 0.6 is 0 Å². The Balaban J connectivity index is 1.55. The van der Waals surface area contributed by atoms with Crippen LogP contribution in [0.4, 0.5) is 33.6 Å². The van der Waals surface area contributed by atoms with Crippen molar-refractivity contribution in [3.05, 3.63) is 64.0 Å². The van der Waals surface area contributed by atoms with E-state index in [1.165, 1.54) is 31.4 Å². The van der Waals surface area contributed by atoms with E-state index in [2.05, 4.69) is 43.1 Å². The molecule has 11 nitrogen and oxygen atoms in total. The van der Waals surface area contributed by atoms with E-state index in [0.29, 0.717) is 30.2 Å². The van der Waals surface area contributed by atoms with Crippen molar-refractivity contribution in [2.45, 2.75) is 44.8 Å². The molecule has 0 amide bonds. The van der Waals surface area contributed by atoms with Crippen molar-refractivity contribution in [2.75, 3.05) is 29.6 Å². The summed E-state index contributed by atoms with van der Waals surface area (Å²) in [4.78, 5) is 23.9. The molecule has 4 N–H and O–H groups in total. The van der Waals surface area contributed by atoms with E-state index < -0.39 is 10.7 Å². The maximum absolute atomic E-state index is 14.2. The number of hydrogen-bond acceptors (Lipinski definition) is 10. The first-order valence-electron chi connectivity index (χ1n) is 11.8. The van der Waals surface area contributed by atoms with Crippen LogP contribution in [0.2, 0.25) is 0 Å². The molecule has 0 spiro atoms. The average molecular weight is 497 g/mol. The molecule has 3 aromatic rings. The highest BCUT2D eigenvalue weighted by atomic mass is 19.1. The first-order chi connectivity index (χ1) is 17.4. The van der Waals surface area contributed by atoms with Gasteiger partial charge in [-0.25, -0.2) is 4.39 Å². The zero-order valence-electron chi connectivity index (χ0n) is 20.1. The number of nitro benzene ring substituents is 1. The Morgan fingerprint density at radius 3 is 2.56 bits per heavy atom. The van der Waals surface area contributed by atoms with Gasteiger partial charge >= 0.3 is 0 Å². The van der Waals surface area contributed by atoms with Crippen LogP contribution in [-0.2, 0) is 6.54 Å². The summed E-state index contributed by atoms with van der Waals surface area (Å²) >= 11 is 0. The van der Waals surface area contributed by atoms with E-state index in [1.54, 1.807) is 18.2 Å². The molecule has 0 bridgehead atoms. The standard InChI is InChI=1S/C24H29FN8O3/c1-3-19(20-5-4-12-26-20)29-24-31-22(27-14-15-6-9-17(10-7-15)33(34)35)30-23(32-24)28-16-8-11-21(36-2)18(25)13-16/h6-11,13,19-20,26H,3-5,12,14H2,1-2H3,(H3,27,28,29,30,31,32). The lowest BCUT2D eigenvalue weighted by molar-refractivity contribution is -0.384. The molecule has 1 aliphatic rings. The van der Waals surface area contributed by atoms with Crippen LogP contribution in [0.3, 0.4) is 0 Å². The molecule has 2 atom stereocenters. The molecule has 2 heterocycles. The van der Waals surface area contributed by atoms with Crippen molar-refractivity contribution in [2.24, 2.45) is 0 Å². The highest BCUT2D eigenvalue weighted by Gasteiger charge is 2.24. The topological polar surface area (TPSA) is 139 Å². The van der Waals surface area contributed by atoms with Crippen LogP contribution < -0.4 is 26.0 Å². The van der Waals surface area contributed by atoms with Gasteiger partial charge in [-0.05, 0) is 43.5 Å². The zero-order valence-corrected chi connectivity index (χ0v) is 20.1. The lowest BCUT2D eigenvalue weighted by Gasteiger charge is -2.24. The fraction of sp³-hybridized carbons (Fsp3) is 0.375. The smallest absolute Gasteiger partial charge is 0.269 e. The van der Waals surface area contributed by atoms with E-state index >= 15 is 0 Å². The Hall–Kier alpha value is -4.06. The minimum Gasteiger partial charge on any atom is -0.494 e. The Bertz CT molecular complexity index is 1190. The van der Waals surface area contributed by atoms with Crippen LogP contribution in [-0.4, -0.2) is 45.6 Å². The first kappa shape index (κ1) is 25.0. The normalized spacial score (nSPS) is 15.8. The van der Waals surface area contributed by atoms with E-state index in [0.717, 1.165) is 31.4 Å². The number of nitro groups is 1. The second-order valence-corrected chi connectivity index (χ2v) is 8.42.